The Hall–Kier alpha value is -2.71. The normalized spacial score (nSPS) is 16.2. The Bertz CT molecular complexity index is 753. The lowest BCUT2D eigenvalue weighted by Gasteiger charge is -2.20. The summed E-state index contributed by atoms with van der Waals surface area (Å²) in [5.41, 5.74) is 6.73. The van der Waals surface area contributed by atoms with Crippen LogP contribution in [0.4, 0.5) is 5.82 Å². The number of anilines is 1. The molecule has 0 bridgehead atoms. The van der Waals surface area contributed by atoms with Crippen molar-refractivity contribution in [2.24, 2.45) is 0 Å². The van der Waals surface area contributed by atoms with Crippen molar-refractivity contribution in [3.8, 4) is 0 Å². The summed E-state index contributed by atoms with van der Waals surface area (Å²) in [6.07, 6.45) is 6.65. The standard InChI is InChI=1S/C15H20N6O3/c1-9(22)20-11(15(23)24-10-4-2-3-5-10)6-21-8-19-12-13(16)17-7-18-14(12)21/h7-8,10-11H,2-6H2,1H3,(H,20,22)(H2,16,17,18). The van der Waals surface area contributed by atoms with Gasteiger partial charge in [-0.25, -0.2) is 19.7 Å². The van der Waals surface area contributed by atoms with E-state index in [1.54, 1.807) is 4.57 Å². The number of nitrogens with zero attached hydrogens (tertiary/aromatic N) is 4. The van der Waals surface area contributed by atoms with E-state index in [-0.39, 0.29) is 24.4 Å². The number of ether oxygens (including phenoxy) is 1. The maximum atomic E-state index is 12.4. The molecule has 0 spiro atoms. The van der Waals surface area contributed by atoms with Crippen molar-refractivity contribution in [2.45, 2.75) is 51.3 Å². The van der Waals surface area contributed by atoms with Gasteiger partial charge in [-0.3, -0.25) is 4.79 Å². The predicted octanol–water partition coefficient (Wildman–Crippen LogP) is 0.399. The fraction of sp³-hybridized carbons (Fsp3) is 0.533. The Morgan fingerprint density at radius 1 is 1.38 bits per heavy atom. The number of amides is 1. The first-order valence-electron chi connectivity index (χ1n) is 7.93. The summed E-state index contributed by atoms with van der Waals surface area (Å²) in [7, 11) is 0. The van der Waals surface area contributed by atoms with Crippen LogP contribution in [-0.2, 0) is 20.9 Å². The lowest BCUT2D eigenvalue weighted by atomic mass is 10.2. The van der Waals surface area contributed by atoms with Gasteiger partial charge in [-0.15, -0.1) is 0 Å². The van der Waals surface area contributed by atoms with Gasteiger partial charge in [0.1, 0.15) is 24.0 Å². The summed E-state index contributed by atoms with van der Waals surface area (Å²) in [6, 6.07) is -0.809. The molecular weight excluding hydrogens is 312 g/mol. The second kappa shape index (κ2) is 6.81. The van der Waals surface area contributed by atoms with Crippen LogP contribution in [0.15, 0.2) is 12.7 Å². The molecule has 2 aromatic heterocycles. The Kier molecular flexibility index (Phi) is 4.59. The van der Waals surface area contributed by atoms with Crippen molar-refractivity contribution >= 4 is 28.9 Å². The number of fused-ring (bicyclic) bond motifs is 1. The van der Waals surface area contributed by atoms with Crippen LogP contribution in [0.2, 0.25) is 0 Å². The van der Waals surface area contributed by atoms with Crippen LogP contribution in [0.3, 0.4) is 0 Å². The number of hydrogen-bond donors (Lipinski definition) is 2. The molecule has 1 unspecified atom stereocenters. The van der Waals surface area contributed by atoms with Gasteiger partial charge in [-0.1, -0.05) is 0 Å². The van der Waals surface area contributed by atoms with Gasteiger partial charge >= 0.3 is 5.97 Å². The fourth-order valence-corrected chi connectivity index (χ4v) is 2.91. The fourth-order valence-electron chi connectivity index (χ4n) is 2.91. The van der Waals surface area contributed by atoms with Crippen LogP contribution in [0, 0.1) is 0 Å². The largest absolute Gasteiger partial charge is 0.461 e. The first kappa shape index (κ1) is 16.2. The molecule has 3 rings (SSSR count). The van der Waals surface area contributed by atoms with Gasteiger partial charge in [0.05, 0.1) is 12.9 Å². The Balaban J connectivity index is 1.78. The zero-order chi connectivity index (χ0) is 17.1. The first-order valence-corrected chi connectivity index (χ1v) is 7.93. The zero-order valence-electron chi connectivity index (χ0n) is 13.4. The number of nitrogens with one attached hydrogen (secondary N) is 1. The monoisotopic (exact) mass is 332 g/mol. The van der Waals surface area contributed by atoms with E-state index >= 15 is 0 Å². The Morgan fingerprint density at radius 3 is 2.83 bits per heavy atom. The molecule has 3 N–H and O–H groups in total. The molecule has 1 fully saturated rings. The second-order valence-corrected chi connectivity index (χ2v) is 5.92. The molecule has 128 valence electrons. The minimum atomic E-state index is -0.809. The van der Waals surface area contributed by atoms with Crippen LogP contribution in [0.1, 0.15) is 32.6 Å². The number of rotatable bonds is 5. The Morgan fingerprint density at radius 2 is 2.12 bits per heavy atom. The number of nitrogens with two attached hydrogens (primary N) is 1. The van der Waals surface area contributed by atoms with E-state index in [9.17, 15) is 9.59 Å². The Labute approximate surface area is 138 Å². The number of esters is 1. The summed E-state index contributed by atoms with van der Waals surface area (Å²) >= 11 is 0. The molecule has 9 nitrogen and oxygen atoms in total. The van der Waals surface area contributed by atoms with E-state index in [4.69, 9.17) is 10.5 Å². The maximum Gasteiger partial charge on any atom is 0.330 e. The van der Waals surface area contributed by atoms with Crippen molar-refractivity contribution in [3.05, 3.63) is 12.7 Å². The minimum absolute atomic E-state index is 0.0636. The van der Waals surface area contributed by atoms with Gasteiger partial charge in [0.2, 0.25) is 5.91 Å². The first-order chi connectivity index (χ1) is 11.5. The third-order valence-corrected chi connectivity index (χ3v) is 4.06. The highest BCUT2D eigenvalue weighted by Gasteiger charge is 2.27. The molecule has 0 saturated heterocycles. The maximum absolute atomic E-state index is 12.4. The summed E-state index contributed by atoms with van der Waals surface area (Å²) in [5.74, 6) is -0.480. The van der Waals surface area contributed by atoms with Crippen LogP contribution in [0.5, 0.6) is 0 Å². The third-order valence-electron chi connectivity index (χ3n) is 4.06. The average Bonchev–Trinajstić information content (AvgIpc) is 3.17. The van der Waals surface area contributed by atoms with Gasteiger partial charge in [0.25, 0.3) is 0 Å². The molecule has 2 aromatic rings. The third kappa shape index (κ3) is 3.44. The molecule has 0 aromatic carbocycles. The summed E-state index contributed by atoms with van der Waals surface area (Å²) in [5, 5.41) is 2.63. The van der Waals surface area contributed by atoms with Crippen LogP contribution in [-0.4, -0.2) is 43.5 Å². The highest BCUT2D eigenvalue weighted by molar-refractivity contribution is 5.84. The average molecular weight is 332 g/mol. The van der Waals surface area contributed by atoms with Crippen LogP contribution < -0.4 is 11.1 Å². The van der Waals surface area contributed by atoms with E-state index in [1.807, 2.05) is 0 Å². The lowest BCUT2D eigenvalue weighted by Crippen LogP contribution is -2.44. The van der Waals surface area contributed by atoms with Crippen LogP contribution in [0.25, 0.3) is 11.2 Å². The van der Waals surface area contributed by atoms with Crippen molar-refractivity contribution < 1.29 is 14.3 Å². The van der Waals surface area contributed by atoms with Gasteiger partial charge < -0.3 is 20.4 Å². The number of carbonyl (C=O) groups is 2. The predicted molar refractivity (Wildman–Crippen MR) is 85.7 cm³/mol. The summed E-state index contributed by atoms with van der Waals surface area (Å²) in [4.78, 5) is 36.1. The molecule has 1 aliphatic rings. The molecule has 9 heteroatoms. The topological polar surface area (TPSA) is 125 Å². The highest BCUT2D eigenvalue weighted by Crippen LogP contribution is 2.22. The SMILES string of the molecule is CC(=O)NC(Cn1cnc2c(N)ncnc21)C(=O)OC1CCCC1. The van der Waals surface area contributed by atoms with Gasteiger partial charge in [-0.2, -0.15) is 0 Å². The molecular formula is C15H20N6O3. The minimum Gasteiger partial charge on any atom is -0.461 e. The molecule has 0 radical (unpaired) electrons. The molecule has 2 heterocycles. The van der Waals surface area contributed by atoms with Crippen molar-refractivity contribution in [2.75, 3.05) is 5.73 Å². The van der Waals surface area contributed by atoms with Gasteiger partial charge in [0.15, 0.2) is 11.5 Å². The number of aromatic nitrogens is 4. The van der Waals surface area contributed by atoms with Crippen LogP contribution >= 0.6 is 0 Å². The van der Waals surface area contributed by atoms with E-state index in [1.165, 1.54) is 19.6 Å². The smallest absolute Gasteiger partial charge is 0.330 e. The van der Waals surface area contributed by atoms with E-state index in [0.717, 1.165) is 25.7 Å². The molecule has 1 aliphatic carbocycles. The number of imidazole rings is 1. The number of nitrogen functional groups attached to an aromatic ring is 1. The molecule has 1 amide bonds. The quantitative estimate of drug-likeness (QED) is 0.759. The zero-order valence-corrected chi connectivity index (χ0v) is 13.4. The van der Waals surface area contributed by atoms with E-state index in [2.05, 4.69) is 20.3 Å². The van der Waals surface area contributed by atoms with E-state index in [0.29, 0.717) is 11.2 Å². The van der Waals surface area contributed by atoms with Gasteiger partial charge in [0, 0.05) is 6.92 Å². The van der Waals surface area contributed by atoms with Crippen molar-refractivity contribution in [3.63, 3.8) is 0 Å². The molecule has 24 heavy (non-hydrogen) atoms. The summed E-state index contributed by atoms with van der Waals surface area (Å²) in [6.45, 7) is 1.53. The highest BCUT2D eigenvalue weighted by atomic mass is 16.5. The van der Waals surface area contributed by atoms with Crippen molar-refractivity contribution in [1.82, 2.24) is 24.8 Å². The van der Waals surface area contributed by atoms with Crippen molar-refractivity contribution in [1.29, 1.82) is 0 Å². The molecule has 1 saturated carbocycles. The number of hydrogen-bond acceptors (Lipinski definition) is 7. The lowest BCUT2D eigenvalue weighted by molar-refractivity contribution is -0.153. The molecule has 0 aliphatic heterocycles. The summed E-state index contributed by atoms with van der Waals surface area (Å²) < 4.78 is 7.17. The number of carbonyl (C=O) groups excluding carboxylic acids is 2. The van der Waals surface area contributed by atoms with E-state index < -0.39 is 12.0 Å². The second-order valence-electron chi connectivity index (χ2n) is 5.92. The van der Waals surface area contributed by atoms with Gasteiger partial charge in [-0.05, 0) is 25.7 Å². The molecule has 1 atom stereocenters.